The van der Waals surface area contributed by atoms with E-state index in [1.165, 1.54) is 35.6 Å². The minimum absolute atomic E-state index is 0.106. The van der Waals surface area contributed by atoms with Crippen molar-refractivity contribution >= 4 is 16.8 Å². The van der Waals surface area contributed by atoms with E-state index in [9.17, 15) is 4.79 Å². The molecule has 2 aromatic rings. The first kappa shape index (κ1) is 17.1. The average molecular weight is 364 g/mol. The lowest BCUT2D eigenvalue weighted by molar-refractivity contribution is -0.0939. The Morgan fingerprint density at radius 2 is 1.96 bits per heavy atom. The molecule has 1 saturated heterocycles. The van der Waals surface area contributed by atoms with Crippen LogP contribution in [0.15, 0.2) is 42.5 Å². The van der Waals surface area contributed by atoms with Gasteiger partial charge in [0.25, 0.3) is 0 Å². The number of likely N-dealkylation sites (tertiary alicyclic amines) is 1. The summed E-state index contributed by atoms with van der Waals surface area (Å²) >= 11 is 0. The molecule has 2 amide bonds. The second kappa shape index (κ2) is 6.52. The molecule has 0 aromatic heterocycles. The summed E-state index contributed by atoms with van der Waals surface area (Å²) in [6.07, 6.45) is 4.97. The fraction of sp³-hybridized carbons (Fsp3) is 0.522. The third-order valence-electron chi connectivity index (χ3n) is 7.00. The van der Waals surface area contributed by atoms with Gasteiger partial charge >= 0.3 is 6.03 Å². The van der Waals surface area contributed by atoms with Crippen molar-refractivity contribution in [3.8, 4) is 0 Å². The molecular formula is C23H28N2O2. The van der Waals surface area contributed by atoms with Gasteiger partial charge < -0.3 is 15.0 Å². The van der Waals surface area contributed by atoms with Crippen LogP contribution < -0.4 is 5.32 Å². The molecule has 0 spiro atoms. The van der Waals surface area contributed by atoms with E-state index in [0.717, 1.165) is 32.0 Å². The first-order valence-electron chi connectivity index (χ1n) is 10.2. The van der Waals surface area contributed by atoms with Crippen molar-refractivity contribution in [1.82, 2.24) is 10.2 Å². The number of nitrogens with zero attached hydrogens (tertiary/aromatic N) is 1. The number of methoxy groups -OCH3 is 1. The number of hydrogen-bond acceptors (Lipinski definition) is 2. The summed E-state index contributed by atoms with van der Waals surface area (Å²) in [5.41, 5.74) is 1.55. The van der Waals surface area contributed by atoms with Gasteiger partial charge in [-0.05, 0) is 41.5 Å². The lowest BCUT2D eigenvalue weighted by Crippen LogP contribution is -2.66. The van der Waals surface area contributed by atoms with Crippen LogP contribution in [0.3, 0.4) is 0 Å². The quantitative estimate of drug-likeness (QED) is 0.866. The molecule has 4 nitrogen and oxygen atoms in total. The van der Waals surface area contributed by atoms with Crippen molar-refractivity contribution in [1.29, 1.82) is 0 Å². The van der Waals surface area contributed by atoms with E-state index < -0.39 is 0 Å². The highest BCUT2D eigenvalue weighted by atomic mass is 16.5. The van der Waals surface area contributed by atoms with E-state index in [0.29, 0.717) is 5.92 Å². The van der Waals surface area contributed by atoms with Crippen molar-refractivity contribution in [2.24, 2.45) is 11.3 Å². The maximum absolute atomic E-state index is 12.7. The van der Waals surface area contributed by atoms with Crippen LogP contribution in [0.4, 0.5) is 4.79 Å². The average Bonchev–Trinajstić information content (AvgIpc) is 3.36. The fourth-order valence-corrected chi connectivity index (χ4v) is 5.04. The van der Waals surface area contributed by atoms with Gasteiger partial charge in [-0.2, -0.15) is 0 Å². The third-order valence-corrected chi connectivity index (χ3v) is 7.00. The van der Waals surface area contributed by atoms with Gasteiger partial charge in [-0.15, -0.1) is 0 Å². The Bertz CT molecular complexity index is 854. The number of rotatable bonds is 5. The van der Waals surface area contributed by atoms with E-state index in [-0.39, 0.29) is 17.5 Å². The zero-order chi connectivity index (χ0) is 18.4. The predicted octanol–water partition coefficient (Wildman–Crippen LogP) is 4.15. The van der Waals surface area contributed by atoms with Gasteiger partial charge in [0.1, 0.15) is 0 Å². The number of fused-ring (bicyclic) bond motifs is 1. The largest absolute Gasteiger partial charge is 0.384 e. The molecular weight excluding hydrogens is 336 g/mol. The van der Waals surface area contributed by atoms with Gasteiger partial charge in [0.15, 0.2) is 0 Å². The van der Waals surface area contributed by atoms with Gasteiger partial charge in [-0.25, -0.2) is 4.79 Å². The SMILES string of the molecule is COCC1(C2CCC2)CN(C(=O)N[C@@H]2C[C@H]2c2ccc3ccccc3c2)C1. The Labute approximate surface area is 160 Å². The lowest BCUT2D eigenvalue weighted by Gasteiger charge is -2.56. The number of ether oxygens (including phenoxy) is 1. The van der Waals surface area contributed by atoms with Gasteiger partial charge in [0.2, 0.25) is 0 Å². The van der Waals surface area contributed by atoms with Crippen LogP contribution in [0.1, 0.15) is 37.2 Å². The molecule has 2 aliphatic carbocycles. The van der Waals surface area contributed by atoms with Crippen molar-refractivity contribution in [2.75, 3.05) is 26.8 Å². The number of amides is 2. The summed E-state index contributed by atoms with van der Waals surface area (Å²) in [6, 6.07) is 15.5. The van der Waals surface area contributed by atoms with Crippen LogP contribution >= 0.6 is 0 Å². The maximum atomic E-state index is 12.7. The van der Waals surface area contributed by atoms with Crippen LogP contribution in [0.5, 0.6) is 0 Å². The zero-order valence-corrected chi connectivity index (χ0v) is 16.0. The number of hydrogen-bond donors (Lipinski definition) is 1. The second-order valence-corrected chi connectivity index (χ2v) is 8.78. The molecule has 3 fully saturated rings. The molecule has 1 heterocycles. The normalized spacial score (nSPS) is 26.3. The third kappa shape index (κ3) is 3.00. The molecule has 2 aromatic carbocycles. The van der Waals surface area contributed by atoms with Crippen LogP contribution in [0.25, 0.3) is 10.8 Å². The Balaban J connectivity index is 1.18. The highest BCUT2D eigenvalue weighted by molar-refractivity contribution is 5.83. The molecule has 5 rings (SSSR count). The summed E-state index contributed by atoms with van der Waals surface area (Å²) in [4.78, 5) is 14.6. The van der Waals surface area contributed by atoms with Crippen LogP contribution in [-0.4, -0.2) is 43.8 Å². The number of carbonyl (C=O) groups is 1. The lowest BCUT2D eigenvalue weighted by atomic mass is 9.61. The minimum Gasteiger partial charge on any atom is -0.384 e. The van der Waals surface area contributed by atoms with Crippen molar-refractivity contribution in [3.05, 3.63) is 48.0 Å². The number of carbonyl (C=O) groups excluding carboxylic acids is 1. The Hall–Kier alpha value is -2.07. The first-order chi connectivity index (χ1) is 13.2. The van der Waals surface area contributed by atoms with Gasteiger partial charge in [0, 0.05) is 37.6 Å². The van der Waals surface area contributed by atoms with Gasteiger partial charge in [0.05, 0.1) is 6.61 Å². The first-order valence-corrected chi connectivity index (χ1v) is 10.2. The maximum Gasteiger partial charge on any atom is 0.317 e. The van der Waals surface area contributed by atoms with Gasteiger partial charge in [-0.3, -0.25) is 0 Å². The molecule has 2 saturated carbocycles. The van der Waals surface area contributed by atoms with Crippen LogP contribution in [0, 0.1) is 11.3 Å². The molecule has 0 unspecified atom stereocenters. The van der Waals surface area contributed by atoms with Crippen LogP contribution in [0.2, 0.25) is 0 Å². The molecule has 1 N–H and O–H groups in total. The molecule has 27 heavy (non-hydrogen) atoms. The van der Waals surface area contributed by atoms with Crippen LogP contribution in [-0.2, 0) is 4.74 Å². The van der Waals surface area contributed by atoms with Gasteiger partial charge in [-0.1, -0.05) is 48.9 Å². The fourth-order valence-electron chi connectivity index (χ4n) is 5.04. The van der Waals surface area contributed by atoms with E-state index in [4.69, 9.17) is 4.74 Å². The van der Waals surface area contributed by atoms with E-state index in [2.05, 4.69) is 47.8 Å². The van der Waals surface area contributed by atoms with E-state index in [1.54, 1.807) is 7.11 Å². The monoisotopic (exact) mass is 364 g/mol. The van der Waals surface area contributed by atoms with Crippen molar-refractivity contribution in [2.45, 2.75) is 37.6 Å². The molecule has 0 radical (unpaired) electrons. The predicted molar refractivity (Wildman–Crippen MR) is 107 cm³/mol. The standard InChI is InChI=1S/C23H28N2O2/c1-27-15-23(19-7-4-8-19)13-25(14-23)22(26)24-21-12-20(21)18-10-9-16-5-2-3-6-17(16)11-18/h2-3,5-6,9-11,19-21H,4,7-8,12-15H2,1H3,(H,24,26)/t20-,21+/m0/s1. The number of benzene rings is 2. The summed E-state index contributed by atoms with van der Waals surface area (Å²) in [6.45, 7) is 2.49. The summed E-state index contributed by atoms with van der Waals surface area (Å²) < 4.78 is 5.48. The summed E-state index contributed by atoms with van der Waals surface area (Å²) in [5, 5.41) is 5.80. The molecule has 4 heteroatoms. The Morgan fingerprint density at radius 1 is 1.19 bits per heavy atom. The molecule has 2 atom stereocenters. The highest BCUT2D eigenvalue weighted by Crippen LogP contribution is 2.48. The molecule has 142 valence electrons. The molecule has 3 aliphatic rings. The molecule has 1 aliphatic heterocycles. The van der Waals surface area contributed by atoms with Crippen molar-refractivity contribution in [3.63, 3.8) is 0 Å². The van der Waals surface area contributed by atoms with E-state index in [1.807, 2.05) is 4.90 Å². The summed E-state index contributed by atoms with van der Waals surface area (Å²) in [5.74, 6) is 1.20. The second-order valence-electron chi connectivity index (χ2n) is 8.78. The highest BCUT2D eigenvalue weighted by Gasteiger charge is 2.52. The zero-order valence-electron chi connectivity index (χ0n) is 16.0. The van der Waals surface area contributed by atoms with Crippen molar-refractivity contribution < 1.29 is 9.53 Å². The number of urea groups is 1. The smallest absolute Gasteiger partial charge is 0.317 e. The summed E-state index contributed by atoms with van der Waals surface area (Å²) in [7, 11) is 1.78. The number of nitrogens with one attached hydrogen (secondary N) is 1. The Kier molecular flexibility index (Phi) is 4.12. The topological polar surface area (TPSA) is 41.6 Å². The Morgan fingerprint density at radius 3 is 2.67 bits per heavy atom. The molecule has 0 bridgehead atoms. The minimum atomic E-state index is 0.106. The van der Waals surface area contributed by atoms with E-state index >= 15 is 0 Å².